The summed E-state index contributed by atoms with van der Waals surface area (Å²) in [5.41, 5.74) is 0.896. The maximum absolute atomic E-state index is 11.5. The zero-order valence-electron chi connectivity index (χ0n) is 20.9. The molecule has 1 aliphatic heterocycles. The molecule has 10 heteroatoms. The van der Waals surface area contributed by atoms with Gasteiger partial charge in [-0.05, 0) is 44.9 Å². The lowest BCUT2D eigenvalue weighted by Gasteiger charge is -2.39. The molecule has 1 saturated heterocycles. The average Bonchev–Trinajstić information content (AvgIpc) is 2.82. The normalized spacial score (nSPS) is 16.5. The van der Waals surface area contributed by atoms with Crippen LogP contribution in [0.15, 0.2) is 41.6 Å². The van der Waals surface area contributed by atoms with Crippen LogP contribution in [0.2, 0.25) is 0 Å². The SMILES string of the molecule is CC[C@H]1CN(c2ncc(OCc3ccc(S(C)(=O)=O)cc3)cn2)CCN1C=O.COC(C)(C)C. The fourth-order valence-corrected chi connectivity index (χ4v) is 3.73. The van der Waals surface area contributed by atoms with Crippen LogP contribution < -0.4 is 9.64 Å². The molecule has 0 spiro atoms. The highest BCUT2D eigenvalue weighted by molar-refractivity contribution is 7.90. The fraction of sp³-hybridized carbons (Fsp3) is 0.542. The predicted octanol–water partition coefficient (Wildman–Crippen LogP) is 2.95. The van der Waals surface area contributed by atoms with Crippen LogP contribution in [0.25, 0.3) is 0 Å². The molecule has 34 heavy (non-hydrogen) atoms. The molecule has 0 unspecified atom stereocenters. The molecule has 2 aromatic rings. The molecule has 1 amide bonds. The first-order chi connectivity index (χ1) is 16.0. The van der Waals surface area contributed by atoms with E-state index in [-0.39, 0.29) is 16.5 Å². The van der Waals surface area contributed by atoms with Crippen LogP contribution in [0.3, 0.4) is 0 Å². The molecule has 0 saturated carbocycles. The van der Waals surface area contributed by atoms with Crippen molar-refractivity contribution in [3.05, 3.63) is 42.2 Å². The average molecular weight is 493 g/mol. The Morgan fingerprint density at radius 1 is 1.12 bits per heavy atom. The minimum Gasteiger partial charge on any atom is -0.486 e. The highest BCUT2D eigenvalue weighted by Crippen LogP contribution is 2.19. The van der Waals surface area contributed by atoms with E-state index in [9.17, 15) is 13.2 Å². The number of anilines is 1. The molecule has 0 radical (unpaired) electrons. The Balaban J connectivity index is 0.000000604. The van der Waals surface area contributed by atoms with Gasteiger partial charge in [-0.1, -0.05) is 19.1 Å². The molecule has 0 aliphatic carbocycles. The van der Waals surface area contributed by atoms with Gasteiger partial charge >= 0.3 is 0 Å². The Morgan fingerprint density at radius 3 is 2.18 bits per heavy atom. The number of rotatable bonds is 7. The van der Waals surface area contributed by atoms with E-state index >= 15 is 0 Å². The molecule has 9 nitrogen and oxygen atoms in total. The van der Waals surface area contributed by atoms with E-state index in [1.807, 2.05) is 25.7 Å². The smallest absolute Gasteiger partial charge is 0.225 e. The van der Waals surface area contributed by atoms with Crippen LogP contribution in [0.4, 0.5) is 5.95 Å². The summed E-state index contributed by atoms with van der Waals surface area (Å²) in [6, 6.07) is 6.75. The lowest BCUT2D eigenvalue weighted by atomic mass is 10.1. The standard InChI is InChI=1S/C19H24N4O4S.C5H12O/c1-3-16-12-22(8-9-23(16)14-24)19-20-10-17(11-21-19)27-13-15-4-6-18(7-5-15)28(2,25)26;1-5(2,3)6-4/h4-7,10-11,14,16H,3,8-9,12-13H2,1-2H3;1-4H3/t16-;/m0./s1. The van der Waals surface area contributed by atoms with Crippen LogP contribution in [-0.2, 0) is 26.0 Å². The van der Waals surface area contributed by atoms with E-state index in [0.717, 1.165) is 18.4 Å². The maximum atomic E-state index is 11.5. The minimum absolute atomic E-state index is 0.0417. The molecular formula is C24H36N4O5S. The lowest BCUT2D eigenvalue weighted by Crippen LogP contribution is -2.52. The van der Waals surface area contributed by atoms with Gasteiger partial charge in [-0.25, -0.2) is 18.4 Å². The number of carbonyl (C=O) groups is 1. The number of aromatic nitrogens is 2. The number of methoxy groups -OCH3 is 1. The zero-order chi connectivity index (χ0) is 25.4. The van der Waals surface area contributed by atoms with Crippen molar-refractivity contribution in [2.24, 2.45) is 0 Å². The van der Waals surface area contributed by atoms with E-state index in [2.05, 4.69) is 21.8 Å². The van der Waals surface area contributed by atoms with Gasteiger partial charge in [0.05, 0.1) is 22.9 Å². The first kappa shape index (κ1) is 27.5. The summed E-state index contributed by atoms with van der Waals surface area (Å²) in [5.74, 6) is 1.16. The molecule has 1 fully saturated rings. The quantitative estimate of drug-likeness (QED) is 0.544. The molecule has 0 bridgehead atoms. The summed E-state index contributed by atoms with van der Waals surface area (Å²) < 4.78 is 33.6. The third-order valence-corrected chi connectivity index (χ3v) is 6.53. The van der Waals surface area contributed by atoms with Crippen molar-refractivity contribution in [2.75, 3.05) is 37.9 Å². The first-order valence-corrected chi connectivity index (χ1v) is 13.1. The second-order valence-corrected chi connectivity index (χ2v) is 11.1. The van der Waals surface area contributed by atoms with E-state index in [4.69, 9.17) is 9.47 Å². The third kappa shape index (κ3) is 8.57. The molecule has 3 rings (SSSR count). The van der Waals surface area contributed by atoms with E-state index in [0.29, 0.717) is 37.9 Å². The molecular weight excluding hydrogens is 456 g/mol. The van der Waals surface area contributed by atoms with Crippen LogP contribution in [0.5, 0.6) is 5.75 Å². The van der Waals surface area contributed by atoms with Crippen molar-refractivity contribution in [1.82, 2.24) is 14.9 Å². The van der Waals surface area contributed by atoms with Gasteiger partial charge in [0.2, 0.25) is 12.4 Å². The molecule has 1 aliphatic rings. The second-order valence-electron chi connectivity index (χ2n) is 9.09. The summed E-state index contributed by atoms with van der Waals surface area (Å²) >= 11 is 0. The number of nitrogens with zero attached hydrogens (tertiary/aromatic N) is 4. The van der Waals surface area contributed by atoms with E-state index in [1.54, 1.807) is 43.8 Å². The topological polar surface area (TPSA) is 102 Å². The van der Waals surface area contributed by atoms with Crippen molar-refractivity contribution < 1.29 is 22.7 Å². The van der Waals surface area contributed by atoms with Gasteiger partial charge in [0.25, 0.3) is 0 Å². The summed E-state index contributed by atoms with van der Waals surface area (Å²) in [4.78, 5) is 24.0. The fourth-order valence-electron chi connectivity index (χ4n) is 3.10. The van der Waals surface area contributed by atoms with Gasteiger partial charge < -0.3 is 19.3 Å². The molecule has 2 heterocycles. The molecule has 1 aromatic heterocycles. The van der Waals surface area contributed by atoms with Crippen molar-refractivity contribution >= 4 is 22.2 Å². The lowest BCUT2D eigenvalue weighted by molar-refractivity contribution is -0.120. The Bertz CT molecular complexity index is 1010. The zero-order valence-corrected chi connectivity index (χ0v) is 21.7. The largest absolute Gasteiger partial charge is 0.486 e. The Morgan fingerprint density at radius 2 is 1.71 bits per heavy atom. The van der Waals surface area contributed by atoms with Crippen LogP contribution in [-0.4, -0.2) is 74.3 Å². The van der Waals surface area contributed by atoms with Crippen LogP contribution >= 0.6 is 0 Å². The molecule has 188 valence electrons. The summed E-state index contributed by atoms with van der Waals surface area (Å²) in [6.07, 6.45) is 6.22. The Labute approximate surface area is 203 Å². The van der Waals surface area contributed by atoms with Gasteiger partial charge in [-0.2, -0.15) is 0 Å². The number of ether oxygens (including phenoxy) is 2. The molecule has 1 atom stereocenters. The van der Waals surface area contributed by atoms with Gasteiger partial charge in [0.15, 0.2) is 15.6 Å². The number of hydrogen-bond donors (Lipinski definition) is 0. The van der Waals surface area contributed by atoms with Crippen molar-refractivity contribution in [2.45, 2.75) is 57.3 Å². The van der Waals surface area contributed by atoms with Gasteiger partial charge in [-0.3, -0.25) is 4.79 Å². The Hall–Kier alpha value is -2.72. The number of benzene rings is 1. The van der Waals surface area contributed by atoms with Crippen molar-refractivity contribution in [1.29, 1.82) is 0 Å². The third-order valence-electron chi connectivity index (χ3n) is 5.40. The monoisotopic (exact) mass is 492 g/mol. The van der Waals surface area contributed by atoms with Gasteiger partial charge in [0.1, 0.15) is 6.61 Å². The van der Waals surface area contributed by atoms with E-state index < -0.39 is 9.84 Å². The second kappa shape index (κ2) is 12.1. The molecule has 1 aromatic carbocycles. The van der Waals surface area contributed by atoms with E-state index in [1.165, 1.54) is 6.26 Å². The first-order valence-electron chi connectivity index (χ1n) is 11.2. The number of piperazine rings is 1. The number of sulfone groups is 1. The Kier molecular flexibility index (Phi) is 9.81. The summed E-state index contributed by atoms with van der Waals surface area (Å²) in [7, 11) is -1.49. The van der Waals surface area contributed by atoms with Gasteiger partial charge in [-0.15, -0.1) is 0 Å². The molecule has 0 N–H and O–H groups in total. The number of amides is 1. The van der Waals surface area contributed by atoms with Crippen molar-refractivity contribution in [3.8, 4) is 5.75 Å². The van der Waals surface area contributed by atoms with Crippen LogP contribution in [0.1, 0.15) is 39.7 Å². The minimum atomic E-state index is -3.20. The number of hydrogen-bond acceptors (Lipinski definition) is 8. The van der Waals surface area contributed by atoms with Crippen LogP contribution in [0, 0.1) is 0 Å². The summed E-state index contributed by atoms with van der Waals surface area (Å²) in [6.45, 7) is 10.5. The van der Waals surface area contributed by atoms with Crippen molar-refractivity contribution in [3.63, 3.8) is 0 Å². The highest BCUT2D eigenvalue weighted by atomic mass is 32.2. The van der Waals surface area contributed by atoms with Gasteiger partial charge in [0, 0.05) is 39.0 Å². The number of carbonyl (C=O) groups excluding carboxylic acids is 1. The maximum Gasteiger partial charge on any atom is 0.225 e. The highest BCUT2D eigenvalue weighted by Gasteiger charge is 2.25. The predicted molar refractivity (Wildman–Crippen MR) is 132 cm³/mol. The summed E-state index contributed by atoms with van der Waals surface area (Å²) in [5, 5.41) is 0.